The van der Waals surface area contributed by atoms with Crippen LogP contribution in [0.1, 0.15) is 42.5 Å². The molecule has 3 N–H and O–H groups in total. The number of aryl methyl sites for hydroxylation is 2. The van der Waals surface area contributed by atoms with Crippen molar-refractivity contribution in [3.63, 3.8) is 0 Å². The Hall–Kier alpha value is -1.02. The molecule has 0 saturated carbocycles. The van der Waals surface area contributed by atoms with Crippen molar-refractivity contribution in [2.45, 2.75) is 39.7 Å². The summed E-state index contributed by atoms with van der Waals surface area (Å²) in [6, 6.07) is 4.05. The first-order valence-electron chi connectivity index (χ1n) is 5.12. The molecule has 0 bridgehead atoms. The Morgan fingerprint density at radius 3 is 2.21 bits per heavy atom. The molecule has 14 heavy (non-hydrogen) atoms. The summed E-state index contributed by atoms with van der Waals surface area (Å²) in [4.78, 5) is 0. The van der Waals surface area contributed by atoms with Gasteiger partial charge in [0.15, 0.2) is 0 Å². The minimum absolute atomic E-state index is 0.0954. The molecule has 0 saturated heterocycles. The van der Waals surface area contributed by atoms with Crippen molar-refractivity contribution in [1.29, 1.82) is 0 Å². The van der Waals surface area contributed by atoms with E-state index in [0.717, 1.165) is 29.5 Å². The van der Waals surface area contributed by atoms with Crippen molar-refractivity contribution < 1.29 is 5.11 Å². The minimum Gasteiger partial charge on any atom is -0.507 e. The lowest BCUT2D eigenvalue weighted by Gasteiger charge is -2.13. The normalized spacial score (nSPS) is 12.9. The molecule has 0 spiro atoms. The van der Waals surface area contributed by atoms with E-state index >= 15 is 0 Å². The summed E-state index contributed by atoms with van der Waals surface area (Å²) in [5, 5.41) is 9.60. The number of hydrogen-bond donors (Lipinski definition) is 2. The standard InChI is InChI=1S/C12H19NO/c1-4-5-11(13)10-6-8(2)12(14)9(3)7-10/h6-7,11,14H,4-5,13H2,1-3H3/t11-/m0/s1. The Morgan fingerprint density at radius 1 is 1.29 bits per heavy atom. The third-order valence-corrected chi connectivity index (χ3v) is 2.54. The average Bonchev–Trinajstić information content (AvgIpc) is 2.13. The molecule has 0 amide bonds. The molecule has 1 rings (SSSR count). The van der Waals surface area contributed by atoms with Crippen LogP contribution < -0.4 is 5.73 Å². The number of nitrogens with two attached hydrogens (primary N) is 1. The van der Waals surface area contributed by atoms with Gasteiger partial charge in [-0.3, -0.25) is 0 Å². The van der Waals surface area contributed by atoms with Gasteiger partial charge < -0.3 is 10.8 Å². The maximum absolute atomic E-state index is 9.60. The van der Waals surface area contributed by atoms with E-state index in [1.165, 1.54) is 0 Å². The van der Waals surface area contributed by atoms with Crippen molar-refractivity contribution in [3.05, 3.63) is 28.8 Å². The molecule has 1 aromatic rings. The van der Waals surface area contributed by atoms with E-state index in [9.17, 15) is 5.11 Å². The van der Waals surface area contributed by atoms with Gasteiger partial charge >= 0.3 is 0 Å². The zero-order chi connectivity index (χ0) is 10.7. The Labute approximate surface area is 85.8 Å². The van der Waals surface area contributed by atoms with Crippen LogP contribution in [0.25, 0.3) is 0 Å². The number of hydrogen-bond acceptors (Lipinski definition) is 2. The van der Waals surface area contributed by atoms with Gasteiger partial charge in [0.1, 0.15) is 5.75 Å². The molecule has 1 atom stereocenters. The lowest BCUT2D eigenvalue weighted by molar-refractivity contribution is 0.466. The number of aromatic hydroxyl groups is 1. The Bertz CT molecular complexity index is 297. The van der Waals surface area contributed by atoms with E-state index in [1.807, 2.05) is 26.0 Å². The molecular formula is C12H19NO. The molecule has 0 heterocycles. The summed E-state index contributed by atoms with van der Waals surface area (Å²) in [5.41, 5.74) is 8.95. The van der Waals surface area contributed by atoms with Gasteiger partial charge in [-0.25, -0.2) is 0 Å². The van der Waals surface area contributed by atoms with Crippen molar-refractivity contribution in [2.75, 3.05) is 0 Å². The van der Waals surface area contributed by atoms with E-state index in [-0.39, 0.29) is 6.04 Å². The second-order valence-electron chi connectivity index (χ2n) is 3.90. The molecule has 0 radical (unpaired) electrons. The SMILES string of the molecule is CCC[C@H](N)c1cc(C)c(O)c(C)c1. The average molecular weight is 193 g/mol. The topological polar surface area (TPSA) is 46.2 Å². The first kappa shape index (κ1) is 11.1. The van der Waals surface area contributed by atoms with Gasteiger partial charge in [0.25, 0.3) is 0 Å². The van der Waals surface area contributed by atoms with E-state index in [0.29, 0.717) is 5.75 Å². The molecule has 2 heteroatoms. The van der Waals surface area contributed by atoms with E-state index in [2.05, 4.69) is 6.92 Å². The fourth-order valence-electron chi connectivity index (χ4n) is 1.68. The minimum atomic E-state index is 0.0954. The van der Waals surface area contributed by atoms with Crippen LogP contribution in [-0.4, -0.2) is 5.11 Å². The predicted molar refractivity (Wildman–Crippen MR) is 59.4 cm³/mol. The van der Waals surface area contributed by atoms with Gasteiger partial charge in [-0.05, 0) is 37.0 Å². The number of phenolic OH excluding ortho intramolecular Hbond substituents is 1. The third-order valence-electron chi connectivity index (χ3n) is 2.54. The van der Waals surface area contributed by atoms with Crippen LogP contribution in [0, 0.1) is 13.8 Å². The lowest BCUT2D eigenvalue weighted by atomic mass is 9.98. The summed E-state index contributed by atoms with van der Waals surface area (Å²) in [6.45, 7) is 5.94. The molecular weight excluding hydrogens is 174 g/mol. The summed E-state index contributed by atoms with van der Waals surface area (Å²) >= 11 is 0. The fourth-order valence-corrected chi connectivity index (χ4v) is 1.68. The van der Waals surface area contributed by atoms with Crippen molar-refractivity contribution in [2.24, 2.45) is 5.73 Å². The Balaban J connectivity index is 3.00. The quantitative estimate of drug-likeness (QED) is 0.775. The van der Waals surface area contributed by atoms with Crippen LogP contribution >= 0.6 is 0 Å². The zero-order valence-corrected chi connectivity index (χ0v) is 9.17. The molecule has 0 fully saturated rings. The van der Waals surface area contributed by atoms with Gasteiger partial charge in [0, 0.05) is 6.04 Å². The largest absolute Gasteiger partial charge is 0.507 e. The molecule has 0 unspecified atom stereocenters. The van der Waals surface area contributed by atoms with E-state index < -0.39 is 0 Å². The molecule has 0 aliphatic rings. The molecule has 78 valence electrons. The predicted octanol–water partition coefficient (Wildman–Crippen LogP) is 2.81. The lowest BCUT2D eigenvalue weighted by Crippen LogP contribution is -2.10. The van der Waals surface area contributed by atoms with Crippen LogP contribution in [0.15, 0.2) is 12.1 Å². The van der Waals surface area contributed by atoms with Gasteiger partial charge in [0.05, 0.1) is 0 Å². The second-order valence-corrected chi connectivity index (χ2v) is 3.90. The molecule has 1 aromatic carbocycles. The molecule has 0 aliphatic carbocycles. The van der Waals surface area contributed by atoms with Crippen LogP contribution in [0.3, 0.4) is 0 Å². The number of rotatable bonds is 3. The van der Waals surface area contributed by atoms with Gasteiger partial charge in [0.2, 0.25) is 0 Å². The zero-order valence-electron chi connectivity index (χ0n) is 9.17. The first-order valence-corrected chi connectivity index (χ1v) is 5.12. The smallest absolute Gasteiger partial charge is 0.121 e. The van der Waals surface area contributed by atoms with Crippen molar-refractivity contribution >= 4 is 0 Å². The maximum atomic E-state index is 9.60. The monoisotopic (exact) mass is 193 g/mol. The van der Waals surface area contributed by atoms with Gasteiger partial charge in [-0.2, -0.15) is 0 Å². The van der Waals surface area contributed by atoms with E-state index in [1.54, 1.807) is 0 Å². The summed E-state index contributed by atoms with van der Waals surface area (Å²) in [5.74, 6) is 0.387. The first-order chi connectivity index (χ1) is 6.56. The van der Waals surface area contributed by atoms with Crippen LogP contribution in [0.2, 0.25) is 0 Å². The van der Waals surface area contributed by atoms with Gasteiger partial charge in [-0.1, -0.05) is 25.5 Å². The third kappa shape index (κ3) is 2.26. The van der Waals surface area contributed by atoms with Crippen LogP contribution in [-0.2, 0) is 0 Å². The van der Waals surface area contributed by atoms with Gasteiger partial charge in [-0.15, -0.1) is 0 Å². The van der Waals surface area contributed by atoms with Crippen molar-refractivity contribution in [1.82, 2.24) is 0 Å². The van der Waals surface area contributed by atoms with Crippen molar-refractivity contribution in [3.8, 4) is 5.75 Å². The Kier molecular flexibility index (Phi) is 3.53. The molecule has 0 aliphatic heterocycles. The van der Waals surface area contributed by atoms with Crippen LogP contribution in [0.5, 0.6) is 5.75 Å². The second kappa shape index (κ2) is 4.47. The summed E-state index contributed by atoms with van der Waals surface area (Å²) in [6.07, 6.45) is 2.07. The molecule has 0 aromatic heterocycles. The number of phenols is 1. The highest BCUT2D eigenvalue weighted by atomic mass is 16.3. The summed E-state index contributed by atoms with van der Waals surface area (Å²) < 4.78 is 0. The Morgan fingerprint density at radius 2 is 1.79 bits per heavy atom. The van der Waals surface area contributed by atoms with Crippen LogP contribution in [0.4, 0.5) is 0 Å². The highest BCUT2D eigenvalue weighted by Crippen LogP contribution is 2.26. The van der Waals surface area contributed by atoms with E-state index in [4.69, 9.17) is 5.73 Å². The maximum Gasteiger partial charge on any atom is 0.121 e. The highest BCUT2D eigenvalue weighted by molar-refractivity contribution is 5.43. The highest BCUT2D eigenvalue weighted by Gasteiger charge is 2.08. The fraction of sp³-hybridized carbons (Fsp3) is 0.500. The molecule has 2 nitrogen and oxygen atoms in total. The number of benzene rings is 1. The summed E-state index contributed by atoms with van der Waals surface area (Å²) in [7, 11) is 0.